The second-order valence-corrected chi connectivity index (χ2v) is 7.11. The number of rotatable bonds is 5. The molecule has 110 valence electrons. The van der Waals surface area contributed by atoms with Gasteiger partial charge in [0.1, 0.15) is 0 Å². The zero-order valence-corrected chi connectivity index (χ0v) is 13.5. The summed E-state index contributed by atoms with van der Waals surface area (Å²) >= 11 is 0. The van der Waals surface area contributed by atoms with Crippen molar-refractivity contribution in [1.82, 2.24) is 0 Å². The molecule has 0 aromatic heterocycles. The standard InChI is InChI=1S/C20H19OP/c1-17-9-8-10-18(15-17)16-21-22(19-11-4-2-5-12-19)20-13-6-3-7-14-20/h2-15H,16H2,1H3. The van der Waals surface area contributed by atoms with Crippen LogP contribution in [0.2, 0.25) is 0 Å². The van der Waals surface area contributed by atoms with Crippen LogP contribution in [0.4, 0.5) is 0 Å². The van der Waals surface area contributed by atoms with Crippen molar-refractivity contribution in [2.75, 3.05) is 0 Å². The lowest BCUT2D eigenvalue weighted by molar-refractivity contribution is 0.350. The monoisotopic (exact) mass is 306 g/mol. The minimum absolute atomic E-state index is 0.636. The summed E-state index contributed by atoms with van der Waals surface area (Å²) in [5.41, 5.74) is 2.49. The fourth-order valence-electron chi connectivity index (χ4n) is 2.37. The molecule has 0 saturated carbocycles. The van der Waals surface area contributed by atoms with Crippen LogP contribution in [-0.2, 0) is 11.1 Å². The Balaban J connectivity index is 1.83. The molecule has 3 aromatic rings. The van der Waals surface area contributed by atoms with Gasteiger partial charge in [-0.3, -0.25) is 0 Å². The summed E-state index contributed by atoms with van der Waals surface area (Å²) in [5.74, 6) is 0. The molecule has 0 saturated heterocycles. The maximum absolute atomic E-state index is 6.32. The normalized spacial score (nSPS) is 10.8. The summed E-state index contributed by atoms with van der Waals surface area (Å²) < 4.78 is 6.32. The van der Waals surface area contributed by atoms with Crippen molar-refractivity contribution >= 4 is 18.8 Å². The summed E-state index contributed by atoms with van der Waals surface area (Å²) in [6, 6.07) is 29.5. The highest BCUT2D eigenvalue weighted by atomic mass is 31.1. The van der Waals surface area contributed by atoms with E-state index in [1.165, 1.54) is 21.7 Å². The SMILES string of the molecule is Cc1cccc(COP(c2ccccc2)c2ccccc2)c1. The highest BCUT2D eigenvalue weighted by Gasteiger charge is 2.14. The highest BCUT2D eigenvalue weighted by Crippen LogP contribution is 2.35. The Morgan fingerprint density at radius 1 is 0.727 bits per heavy atom. The van der Waals surface area contributed by atoms with Crippen molar-refractivity contribution in [3.8, 4) is 0 Å². The molecule has 0 fully saturated rings. The lowest BCUT2D eigenvalue weighted by Crippen LogP contribution is -2.13. The number of aryl methyl sites for hydroxylation is 1. The van der Waals surface area contributed by atoms with Crippen molar-refractivity contribution in [1.29, 1.82) is 0 Å². The zero-order chi connectivity index (χ0) is 15.2. The molecule has 0 bridgehead atoms. The first-order valence-electron chi connectivity index (χ1n) is 7.41. The first kappa shape index (κ1) is 15.0. The molecule has 0 aliphatic heterocycles. The summed E-state index contributed by atoms with van der Waals surface area (Å²) in [7, 11) is -0.784. The van der Waals surface area contributed by atoms with E-state index in [1.54, 1.807) is 0 Å². The van der Waals surface area contributed by atoms with Gasteiger partial charge in [-0.25, -0.2) is 0 Å². The second kappa shape index (κ2) is 7.35. The van der Waals surface area contributed by atoms with E-state index in [0.717, 1.165) is 0 Å². The van der Waals surface area contributed by atoms with Crippen LogP contribution in [0.25, 0.3) is 0 Å². The van der Waals surface area contributed by atoms with Gasteiger partial charge < -0.3 is 4.52 Å². The number of hydrogen-bond donors (Lipinski definition) is 0. The first-order chi connectivity index (χ1) is 10.8. The summed E-state index contributed by atoms with van der Waals surface area (Å²) in [5, 5.41) is 2.49. The molecular formula is C20H19OP. The van der Waals surface area contributed by atoms with Gasteiger partial charge in [0.15, 0.2) is 0 Å². The minimum Gasteiger partial charge on any atom is -0.345 e. The van der Waals surface area contributed by atoms with Crippen molar-refractivity contribution in [2.45, 2.75) is 13.5 Å². The Hall–Kier alpha value is -1.95. The van der Waals surface area contributed by atoms with Gasteiger partial charge in [0.25, 0.3) is 0 Å². The maximum Gasteiger partial charge on any atom is 0.0922 e. The van der Waals surface area contributed by atoms with Crippen LogP contribution >= 0.6 is 8.15 Å². The number of hydrogen-bond acceptors (Lipinski definition) is 1. The van der Waals surface area contributed by atoms with Gasteiger partial charge in [0, 0.05) is 10.6 Å². The van der Waals surface area contributed by atoms with E-state index < -0.39 is 8.15 Å². The molecule has 0 aliphatic rings. The molecule has 2 heteroatoms. The fraction of sp³-hybridized carbons (Fsp3) is 0.100. The predicted octanol–water partition coefficient (Wildman–Crippen LogP) is 4.56. The van der Waals surface area contributed by atoms with Gasteiger partial charge in [-0.2, -0.15) is 0 Å². The van der Waals surface area contributed by atoms with E-state index in [4.69, 9.17) is 4.52 Å². The smallest absolute Gasteiger partial charge is 0.0922 e. The summed E-state index contributed by atoms with van der Waals surface area (Å²) in [6.45, 7) is 2.75. The molecule has 0 atom stereocenters. The lowest BCUT2D eigenvalue weighted by atomic mass is 10.1. The Kier molecular flexibility index (Phi) is 5.00. The molecule has 0 amide bonds. The van der Waals surface area contributed by atoms with Crippen molar-refractivity contribution < 1.29 is 4.52 Å². The van der Waals surface area contributed by atoms with E-state index in [9.17, 15) is 0 Å². The second-order valence-electron chi connectivity index (χ2n) is 5.23. The van der Waals surface area contributed by atoms with Gasteiger partial charge in [-0.05, 0) is 12.5 Å². The Labute approximate surface area is 133 Å². The molecule has 0 unspecified atom stereocenters. The molecule has 0 aliphatic carbocycles. The third-order valence-corrected chi connectivity index (χ3v) is 5.35. The van der Waals surface area contributed by atoms with E-state index >= 15 is 0 Å². The first-order valence-corrected chi connectivity index (χ1v) is 8.67. The van der Waals surface area contributed by atoms with E-state index in [1.807, 2.05) is 12.1 Å². The third-order valence-electron chi connectivity index (χ3n) is 3.42. The lowest BCUT2D eigenvalue weighted by Gasteiger charge is -2.18. The van der Waals surface area contributed by atoms with Crippen LogP contribution in [-0.4, -0.2) is 0 Å². The van der Waals surface area contributed by atoms with Crippen molar-refractivity contribution in [2.24, 2.45) is 0 Å². The van der Waals surface area contributed by atoms with E-state index in [-0.39, 0.29) is 0 Å². The largest absolute Gasteiger partial charge is 0.345 e. The topological polar surface area (TPSA) is 9.23 Å². The molecule has 0 N–H and O–H groups in total. The Morgan fingerprint density at radius 2 is 1.32 bits per heavy atom. The van der Waals surface area contributed by atoms with Gasteiger partial charge in [0.05, 0.1) is 14.8 Å². The highest BCUT2D eigenvalue weighted by molar-refractivity contribution is 7.68. The Morgan fingerprint density at radius 3 is 1.86 bits per heavy atom. The number of benzene rings is 3. The zero-order valence-electron chi connectivity index (χ0n) is 12.6. The van der Waals surface area contributed by atoms with Gasteiger partial charge in [-0.1, -0.05) is 90.5 Å². The average molecular weight is 306 g/mol. The van der Waals surface area contributed by atoms with Gasteiger partial charge in [-0.15, -0.1) is 0 Å². The maximum atomic E-state index is 6.32. The van der Waals surface area contributed by atoms with E-state index in [0.29, 0.717) is 6.61 Å². The van der Waals surface area contributed by atoms with Crippen LogP contribution in [0, 0.1) is 6.92 Å². The van der Waals surface area contributed by atoms with Gasteiger partial charge in [0.2, 0.25) is 0 Å². The molecular weight excluding hydrogens is 287 g/mol. The molecule has 1 nitrogen and oxygen atoms in total. The molecule has 0 radical (unpaired) electrons. The van der Waals surface area contributed by atoms with E-state index in [2.05, 4.69) is 79.7 Å². The van der Waals surface area contributed by atoms with Crippen molar-refractivity contribution in [3.63, 3.8) is 0 Å². The Bertz CT molecular complexity index is 671. The fourth-order valence-corrected chi connectivity index (χ4v) is 4.13. The van der Waals surface area contributed by atoms with Crippen LogP contribution in [0.3, 0.4) is 0 Å². The minimum atomic E-state index is -0.784. The average Bonchev–Trinajstić information content (AvgIpc) is 2.57. The molecule has 0 heterocycles. The van der Waals surface area contributed by atoms with Crippen LogP contribution in [0.15, 0.2) is 84.9 Å². The summed E-state index contributed by atoms with van der Waals surface area (Å²) in [4.78, 5) is 0. The van der Waals surface area contributed by atoms with Crippen LogP contribution in [0.1, 0.15) is 11.1 Å². The van der Waals surface area contributed by atoms with Gasteiger partial charge >= 0.3 is 0 Å². The molecule has 3 rings (SSSR count). The van der Waals surface area contributed by atoms with Crippen LogP contribution < -0.4 is 10.6 Å². The summed E-state index contributed by atoms with van der Waals surface area (Å²) in [6.07, 6.45) is 0. The molecule has 0 spiro atoms. The quantitative estimate of drug-likeness (QED) is 0.628. The molecule has 3 aromatic carbocycles. The van der Waals surface area contributed by atoms with Crippen molar-refractivity contribution in [3.05, 3.63) is 96.1 Å². The molecule has 22 heavy (non-hydrogen) atoms. The third kappa shape index (κ3) is 3.82. The van der Waals surface area contributed by atoms with Crippen LogP contribution in [0.5, 0.6) is 0 Å². The predicted molar refractivity (Wildman–Crippen MR) is 95.0 cm³/mol.